The summed E-state index contributed by atoms with van der Waals surface area (Å²) in [5, 5.41) is 15.0. The molecule has 0 aliphatic heterocycles. The Balaban J connectivity index is 1.84. The van der Waals surface area contributed by atoms with Crippen LogP contribution in [0, 0.1) is 0 Å². The minimum absolute atomic E-state index is 0.0554. The zero-order valence-corrected chi connectivity index (χ0v) is 13.5. The summed E-state index contributed by atoms with van der Waals surface area (Å²) in [6, 6.07) is 8.63. The van der Waals surface area contributed by atoms with Gasteiger partial charge >= 0.3 is 5.76 Å². The van der Waals surface area contributed by atoms with E-state index < -0.39 is 17.3 Å². The van der Waals surface area contributed by atoms with Crippen LogP contribution >= 0.6 is 11.3 Å². The van der Waals surface area contributed by atoms with E-state index in [4.69, 9.17) is 4.42 Å². The minimum atomic E-state index is -1.16. The number of aromatic nitrogens is 1. The van der Waals surface area contributed by atoms with Gasteiger partial charge in [-0.1, -0.05) is 12.1 Å². The first kappa shape index (κ1) is 15.5. The minimum Gasteiger partial charge on any atom is -0.407 e. The van der Waals surface area contributed by atoms with Gasteiger partial charge in [-0.05, 0) is 30.5 Å². The first-order valence-electron chi connectivity index (χ1n) is 7.03. The number of para-hydroxylation sites is 1. The van der Waals surface area contributed by atoms with E-state index in [2.05, 4.69) is 5.32 Å². The standard InChI is InChI=1S/C16H16N2O4S/c1-16(21,12-7-4-8-23-12)9-17-14(19)10-5-3-6-11-13(10)22-15(20)18(11)2/h3-8,21H,9H2,1-2H3,(H,17,19). The number of nitrogens with one attached hydrogen (secondary N) is 1. The van der Waals surface area contributed by atoms with Gasteiger partial charge in [0, 0.05) is 11.9 Å². The predicted molar refractivity (Wildman–Crippen MR) is 87.7 cm³/mol. The molecule has 120 valence electrons. The first-order chi connectivity index (χ1) is 10.9. The fraction of sp³-hybridized carbons (Fsp3) is 0.250. The maximum absolute atomic E-state index is 12.4. The maximum atomic E-state index is 12.4. The van der Waals surface area contributed by atoms with E-state index in [9.17, 15) is 14.7 Å². The van der Waals surface area contributed by atoms with Crippen molar-refractivity contribution in [2.75, 3.05) is 6.54 Å². The number of nitrogens with zero attached hydrogens (tertiary/aromatic N) is 1. The maximum Gasteiger partial charge on any atom is 0.419 e. The fourth-order valence-electron chi connectivity index (χ4n) is 2.35. The zero-order valence-electron chi connectivity index (χ0n) is 12.7. The fourth-order valence-corrected chi connectivity index (χ4v) is 3.14. The Morgan fingerprint density at radius 1 is 1.39 bits per heavy atom. The number of aryl methyl sites for hydroxylation is 1. The number of fused-ring (bicyclic) bond motifs is 1. The Hall–Kier alpha value is -2.38. The van der Waals surface area contributed by atoms with Crippen LogP contribution in [-0.4, -0.2) is 22.1 Å². The van der Waals surface area contributed by atoms with Crippen molar-refractivity contribution in [1.29, 1.82) is 0 Å². The molecular weight excluding hydrogens is 316 g/mol. The molecule has 6 nitrogen and oxygen atoms in total. The van der Waals surface area contributed by atoms with Crippen molar-refractivity contribution in [3.05, 3.63) is 56.7 Å². The van der Waals surface area contributed by atoms with Crippen LogP contribution < -0.4 is 11.1 Å². The highest BCUT2D eigenvalue weighted by Gasteiger charge is 2.26. The molecule has 0 aliphatic carbocycles. The van der Waals surface area contributed by atoms with Crippen LogP contribution in [0.15, 0.2) is 44.9 Å². The molecule has 1 amide bonds. The van der Waals surface area contributed by atoms with Crippen molar-refractivity contribution >= 4 is 28.3 Å². The molecule has 2 heterocycles. The second kappa shape index (κ2) is 5.68. The lowest BCUT2D eigenvalue weighted by molar-refractivity contribution is 0.0557. The summed E-state index contributed by atoms with van der Waals surface area (Å²) in [4.78, 5) is 24.8. The zero-order chi connectivity index (χ0) is 16.6. The Bertz CT molecular complexity index is 906. The van der Waals surface area contributed by atoms with Crippen molar-refractivity contribution < 1.29 is 14.3 Å². The van der Waals surface area contributed by atoms with Crippen molar-refractivity contribution in [2.45, 2.75) is 12.5 Å². The van der Waals surface area contributed by atoms with E-state index in [-0.39, 0.29) is 17.7 Å². The molecule has 3 rings (SSSR count). The first-order valence-corrected chi connectivity index (χ1v) is 7.91. The van der Waals surface area contributed by atoms with Crippen LogP contribution in [0.2, 0.25) is 0 Å². The van der Waals surface area contributed by atoms with Gasteiger partial charge in [-0.3, -0.25) is 9.36 Å². The van der Waals surface area contributed by atoms with Gasteiger partial charge in [0.05, 0.1) is 17.6 Å². The number of thiophene rings is 1. The number of carbonyl (C=O) groups excluding carboxylic acids is 1. The number of oxazole rings is 1. The van der Waals surface area contributed by atoms with Crippen LogP contribution in [-0.2, 0) is 12.6 Å². The Morgan fingerprint density at radius 3 is 2.87 bits per heavy atom. The van der Waals surface area contributed by atoms with Gasteiger partial charge in [0.15, 0.2) is 5.58 Å². The third-order valence-electron chi connectivity index (χ3n) is 3.71. The molecule has 3 aromatic rings. The van der Waals surface area contributed by atoms with Gasteiger partial charge in [0.25, 0.3) is 5.91 Å². The molecule has 0 saturated carbocycles. The molecule has 0 bridgehead atoms. The average Bonchev–Trinajstić information content (AvgIpc) is 3.15. The van der Waals surface area contributed by atoms with Crippen LogP contribution in [0.5, 0.6) is 0 Å². The Kier molecular flexibility index (Phi) is 3.83. The number of rotatable bonds is 4. The third kappa shape index (κ3) is 2.80. The summed E-state index contributed by atoms with van der Waals surface area (Å²) < 4.78 is 6.48. The lowest BCUT2D eigenvalue weighted by atomic mass is 10.0. The molecule has 0 fully saturated rings. The summed E-state index contributed by atoms with van der Waals surface area (Å²) in [7, 11) is 1.58. The lowest BCUT2D eigenvalue weighted by Crippen LogP contribution is -2.38. The molecule has 2 aromatic heterocycles. The summed E-state index contributed by atoms with van der Waals surface area (Å²) in [5.41, 5.74) is -0.0991. The van der Waals surface area contributed by atoms with E-state index in [0.29, 0.717) is 5.52 Å². The van der Waals surface area contributed by atoms with E-state index in [1.54, 1.807) is 32.2 Å². The predicted octanol–water partition coefficient (Wildman–Crippen LogP) is 1.83. The molecule has 2 N–H and O–H groups in total. The monoisotopic (exact) mass is 332 g/mol. The number of amides is 1. The van der Waals surface area contributed by atoms with Gasteiger partial charge in [-0.25, -0.2) is 4.79 Å². The summed E-state index contributed by atoms with van der Waals surface area (Å²) in [5.74, 6) is -0.924. The van der Waals surface area contributed by atoms with E-state index in [1.165, 1.54) is 15.9 Å². The van der Waals surface area contributed by atoms with Crippen LogP contribution in [0.4, 0.5) is 0 Å². The molecule has 0 saturated heterocycles. The number of benzene rings is 1. The largest absolute Gasteiger partial charge is 0.419 e. The summed E-state index contributed by atoms with van der Waals surface area (Å²) >= 11 is 1.42. The summed E-state index contributed by atoms with van der Waals surface area (Å²) in [6.07, 6.45) is 0. The number of aliphatic hydroxyl groups is 1. The molecule has 0 aliphatic rings. The molecule has 7 heteroatoms. The van der Waals surface area contributed by atoms with E-state index >= 15 is 0 Å². The molecule has 1 unspecified atom stereocenters. The molecule has 1 atom stereocenters. The van der Waals surface area contributed by atoms with Crippen LogP contribution in [0.3, 0.4) is 0 Å². The second-order valence-corrected chi connectivity index (χ2v) is 6.46. The highest BCUT2D eigenvalue weighted by atomic mass is 32.1. The van der Waals surface area contributed by atoms with E-state index in [0.717, 1.165) is 4.88 Å². The Morgan fingerprint density at radius 2 is 2.17 bits per heavy atom. The normalized spacial score (nSPS) is 13.9. The van der Waals surface area contributed by atoms with Crippen LogP contribution in [0.1, 0.15) is 22.2 Å². The quantitative estimate of drug-likeness (QED) is 0.763. The second-order valence-electron chi connectivity index (χ2n) is 5.51. The van der Waals surface area contributed by atoms with Crippen molar-refractivity contribution in [3.8, 4) is 0 Å². The molecule has 0 spiro atoms. The van der Waals surface area contributed by atoms with Gasteiger partial charge in [0.2, 0.25) is 0 Å². The number of carbonyl (C=O) groups is 1. The smallest absolute Gasteiger partial charge is 0.407 e. The van der Waals surface area contributed by atoms with Gasteiger partial charge < -0.3 is 14.8 Å². The van der Waals surface area contributed by atoms with Gasteiger partial charge in [-0.15, -0.1) is 11.3 Å². The van der Waals surface area contributed by atoms with E-state index in [1.807, 2.05) is 17.5 Å². The number of hydrogen-bond donors (Lipinski definition) is 2. The van der Waals surface area contributed by atoms with Crippen molar-refractivity contribution in [3.63, 3.8) is 0 Å². The van der Waals surface area contributed by atoms with Crippen LogP contribution in [0.25, 0.3) is 11.1 Å². The topological polar surface area (TPSA) is 84.5 Å². The van der Waals surface area contributed by atoms with Crippen molar-refractivity contribution in [1.82, 2.24) is 9.88 Å². The van der Waals surface area contributed by atoms with Gasteiger partial charge in [-0.2, -0.15) is 0 Å². The molecule has 23 heavy (non-hydrogen) atoms. The highest BCUT2D eigenvalue weighted by molar-refractivity contribution is 7.10. The molecule has 1 aromatic carbocycles. The molecular formula is C16H16N2O4S. The lowest BCUT2D eigenvalue weighted by Gasteiger charge is -2.22. The third-order valence-corrected chi connectivity index (χ3v) is 4.83. The number of hydrogen-bond acceptors (Lipinski definition) is 5. The molecule has 0 radical (unpaired) electrons. The van der Waals surface area contributed by atoms with Gasteiger partial charge in [0.1, 0.15) is 5.60 Å². The Labute approximate surface area is 136 Å². The average molecular weight is 332 g/mol. The SMILES string of the molecule is Cn1c(=O)oc2c(C(=O)NCC(C)(O)c3cccs3)cccc21. The highest BCUT2D eigenvalue weighted by Crippen LogP contribution is 2.24. The van der Waals surface area contributed by atoms with Crippen molar-refractivity contribution in [2.24, 2.45) is 7.05 Å². The summed E-state index contributed by atoms with van der Waals surface area (Å²) in [6.45, 7) is 1.70.